The van der Waals surface area contributed by atoms with E-state index in [1.807, 2.05) is 37.4 Å². The van der Waals surface area contributed by atoms with E-state index in [1.54, 1.807) is 12.4 Å². The van der Waals surface area contributed by atoms with E-state index in [9.17, 15) is 0 Å². The van der Waals surface area contributed by atoms with Gasteiger partial charge in [0.2, 0.25) is 0 Å². The third-order valence-corrected chi connectivity index (χ3v) is 2.82. The van der Waals surface area contributed by atoms with Gasteiger partial charge in [0.25, 0.3) is 0 Å². The molecule has 0 aliphatic rings. The summed E-state index contributed by atoms with van der Waals surface area (Å²) in [4.78, 5) is 4.05. The van der Waals surface area contributed by atoms with Crippen molar-refractivity contribution in [3.05, 3.63) is 58.9 Å². The third-order valence-electron chi connectivity index (χ3n) is 2.52. The molecule has 0 bridgehead atoms. The van der Waals surface area contributed by atoms with Gasteiger partial charge in [0, 0.05) is 30.1 Å². The molecule has 0 saturated carbocycles. The van der Waals surface area contributed by atoms with Gasteiger partial charge in [-0.05, 0) is 19.2 Å². The Bertz CT molecular complexity index is 502. The molecule has 0 atom stereocenters. The Hall–Kier alpha value is -1.58. The number of para-hydroxylation sites is 1. The fraction of sp³-hybridized carbons (Fsp3) is 0.214. The van der Waals surface area contributed by atoms with Gasteiger partial charge in [-0.2, -0.15) is 0 Å². The second-order valence-corrected chi connectivity index (χ2v) is 4.32. The van der Waals surface area contributed by atoms with E-state index in [0.717, 1.165) is 23.4 Å². The minimum Gasteiger partial charge on any atom is -0.487 e. The summed E-state index contributed by atoms with van der Waals surface area (Å²) in [6.07, 6.45) is 3.53. The maximum absolute atomic E-state index is 6.16. The van der Waals surface area contributed by atoms with E-state index in [2.05, 4.69) is 10.3 Å². The Kier molecular flexibility index (Phi) is 4.56. The molecule has 0 aliphatic carbocycles. The predicted molar refractivity (Wildman–Crippen MR) is 72.8 cm³/mol. The lowest BCUT2D eigenvalue weighted by Crippen LogP contribution is -2.08. The molecule has 2 aromatic rings. The van der Waals surface area contributed by atoms with Crippen molar-refractivity contribution in [2.45, 2.75) is 13.2 Å². The number of rotatable bonds is 5. The summed E-state index contributed by atoms with van der Waals surface area (Å²) in [5.41, 5.74) is 2.07. The molecular weight excluding hydrogens is 248 g/mol. The van der Waals surface area contributed by atoms with E-state index < -0.39 is 0 Å². The summed E-state index contributed by atoms with van der Waals surface area (Å²) in [6.45, 7) is 1.19. The van der Waals surface area contributed by atoms with Gasteiger partial charge in [0.05, 0.1) is 5.02 Å². The van der Waals surface area contributed by atoms with Gasteiger partial charge in [0.1, 0.15) is 12.4 Å². The second-order valence-electron chi connectivity index (χ2n) is 3.91. The van der Waals surface area contributed by atoms with Crippen LogP contribution in [0, 0.1) is 0 Å². The van der Waals surface area contributed by atoms with Gasteiger partial charge in [-0.3, -0.25) is 4.98 Å². The highest BCUT2D eigenvalue weighted by Crippen LogP contribution is 2.29. The van der Waals surface area contributed by atoms with E-state index in [-0.39, 0.29) is 0 Å². The largest absolute Gasteiger partial charge is 0.487 e. The zero-order valence-electron chi connectivity index (χ0n) is 10.2. The summed E-state index contributed by atoms with van der Waals surface area (Å²) in [7, 11) is 1.89. The lowest BCUT2D eigenvalue weighted by atomic mass is 10.2. The SMILES string of the molecule is CNCc1cccc(Cl)c1OCc1cccnc1. The highest BCUT2D eigenvalue weighted by molar-refractivity contribution is 6.32. The first-order valence-corrected chi connectivity index (χ1v) is 6.12. The van der Waals surface area contributed by atoms with E-state index >= 15 is 0 Å². The third kappa shape index (κ3) is 3.22. The summed E-state index contributed by atoms with van der Waals surface area (Å²) >= 11 is 6.16. The van der Waals surface area contributed by atoms with Crippen LogP contribution in [-0.2, 0) is 13.2 Å². The minimum absolute atomic E-state index is 0.467. The number of ether oxygens (including phenoxy) is 1. The lowest BCUT2D eigenvalue weighted by molar-refractivity contribution is 0.302. The molecule has 0 aliphatic heterocycles. The summed E-state index contributed by atoms with van der Waals surface area (Å²) in [5, 5.41) is 3.73. The normalized spacial score (nSPS) is 10.3. The van der Waals surface area contributed by atoms with E-state index in [1.165, 1.54) is 0 Å². The molecule has 1 aromatic heterocycles. The summed E-state index contributed by atoms with van der Waals surface area (Å²) in [6, 6.07) is 9.62. The van der Waals surface area contributed by atoms with Crippen LogP contribution in [0.25, 0.3) is 0 Å². The molecule has 3 nitrogen and oxygen atoms in total. The van der Waals surface area contributed by atoms with Crippen LogP contribution in [0.2, 0.25) is 5.02 Å². The van der Waals surface area contributed by atoms with Crippen LogP contribution in [0.15, 0.2) is 42.7 Å². The van der Waals surface area contributed by atoms with Crippen molar-refractivity contribution in [3.8, 4) is 5.75 Å². The Balaban J connectivity index is 2.13. The number of nitrogens with zero attached hydrogens (tertiary/aromatic N) is 1. The van der Waals surface area contributed by atoms with Crippen LogP contribution < -0.4 is 10.1 Å². The van der Waals surface area contributed by atoms with Crippen LogP contribution >= 0.6 is 11.6 Å². The van der Waals surface area contributed by atoms with Gasteiger partial charge in [-0.1, -0.05) is 29.8 Å². The van der Waals surface area contributed by atoms with Crippen LogP contribution in [0.5, 0.6) is 5.75 Å². The van der Waals surface area contributed by atoms with Crippen LogP contribution in [0.4, 0.5) is 0 Å². The first kappa shape index (κ1) is 12.9. The molecule has 4 heteroatoms. The molecule has 0 radical (unpaired) electrons. The van der Waals surface area contributed by atoms with Crippen molar-refractivity contribution in [1.82, 2.24) is 10.3 Å². The molecule has 1 heterocycles. The Morgan fingerprint density at radius 1 is 1.28 bits per heavy atom. The first-order valence-electron chi connectivity index (χ1n) is 5.75. The molecule has 18 heavy (non-hydrogen) atoms. The molecule has 1 N–H and O–H groups in total. The van der Waals surface area contributed by atoms with Gasteiger partial charge >= 0.3 is 0 Å². The highest BCUT2D eigenvalue weighted by atomic mass is 35.5. The van der Waals surface area contributed by atoms with Crippen molar-refractivity contribution in [1.29, 1.82) is 0 Å². The fourth-order valence-corrected chi connectivity index (χ4v) is 1.93. The number of nitrogens with one attached hydrogen (secondary N) is 1. The zero-order valence-corrected chi connectivity index (χ0v) is 10.9. The molecule has 0 amide bonds. The average molecular weight is 263 g/mol. The molecule has 0 unspecified atom stereocenters. The van der Waals surface area contributed by atoms with Crippen LogP contribution in [-0.4, -0.2) is 12.0 Å². The number of halogens is 1. The first-order chi connectivity index (χ1) is 8.81. The smallest absolute Gasteiger partial charge is 0.142 e. The summed E-state index contributed by atoms with van der Waals surface area (Å²) in [5.74, 6) is 0.734. The second kappa shape index (κ2) is 6.38. The monoisotopic (exact) mass is 262 g/mol. The highest BCUT2D eigenvalue weighted by Gasteiger charge is 2.07. The number of aromatic nitrogens is 1. The Morgan fingerprint density at radius 3 is 2.89 bits per heavy atom. The average Bonchev–Trinajstić information content (AvgIpc) is 2.40. The van der Waals surface area contributed by atoms with Gasteiger partial charge in [-0.25, -0.2) is 0 Å². The van der Waals surface area contributed by atoms with E-state index in [0.29, 0.717) is 11.6 Å². The molecule has 94 valence electrons. The fourth-order valence-electron chi connectivity index (χ4n) is 1.68. The maximum Gasteiger partial charge on any atom is 0.142 e. The van der Waals surface area contributed by atoms with Gasteiger partial charge in [-0.15, -0.1) is 0 Å². The quantitative estimate of drug-likeness (QED) is 0.899. The molecule has 1 aromatic carbocycles. The van der Waals surface area contributed by atoms with Crippen molar-refractivity contribution in [2.75, 3.05) is 7.05 Å². The molecule has 0 fully saturated rings. The van der Waals surface area contributed by atoms with E-state index in [4.69, 9.17) is 16.3 Å². The van der Waals surface area contributed by atoms with Crippen LogP contribution in [0.3, 0.4) is 0 Å². The maximum atomic E-state index is 6.16. The molecule has 0 saturated heterocycles. The van der Waals surface area contributed by atoms with Crippen molar-refractivity contribution < 1.29 is 4.74 Å². The van der Waals surface area contributed by atoms with Crippen LogP contribution in [0.1, 0.15) is 11.1 Å². The molecular formula is C14H15ClN2O. The molecule has 0 spiro atoms. The summed E-state index contributed by atoms with van der Waals surface area (Å²) < 4.78 is 5.79. The topological polar surface area (TPSA) is 34.1 Å². The lowest BCUT2D eigenvalue weighted by Gasteiger charge is -2.12. The van der Waals surface area contributed by atoms with Crippen molar-refractivity contribution in [3.63, 3.8) is 0 Å². The minimum atomic E-state index is 0.467. The zero-order chi connectivity index (χ0) is 12.8. The van der Waals surface area contributed by atoms with Crippen molar-refractivity contribution in [2.24, 2.45) is 0 Å². The molecule has 2 rings (SSSR count). The van der Waals surface area contributed by atoms with Gasteiger partial charge in [0.15, 0.2) is 0 Å². The Labute approximate surface area is 112 Å². The number of benzene rings is 1. The van der Waals surface area contributed by atoms with Gasteiger partial charge < -0.3 is 10.1 Å². The number of pyridine rings is 1. The predicted octanol–water partition coefficient (Wildman–Crippen LogP) is 3.03. The standard InChI is InChI=1S/C14H15ClN2O/c1-16-9-12-5-2-6-13(15)14(12)18-10-11-4-3-7-17-8-11/h2-8,16H,9-10H2,1H3. The number of hydrogen-bond donors (Lipinski definition) is 1. The Morgan fingerprint density at radius 2 is 2.17 bits per heavy atom. The number of hydrogen-bond acceptors (Lipinski definition) is 3. The van der Waals surface area contributed by atoms with Crippen molar-refractivity contribution >= 4 is 11.6 Å².